The van der Waals surface area contributed by atoms with Crippen LogP contribution < -0.4 is 18.9 Å². The maximum atomic E-state index is 3.65. The molecule has 0 aromatic carbocycles. The predicted octanol–water partition coefficient (Wildman–Crippen LogP) is -1.42. The molecule has 6 heavy (non-hydrogen) atoms. The summed E-state index contributed by atoms with van der Waals surface area (Å²) in [7, 11) is 0. The molecule has 0 nitrogen and oxygen atoms in total. The smallest absolute Gasteiger partial charge is 0.343 e. The first-order valence-corrected chi connectivity index (χ1v) is 3.09. The molecule has 0 spiro atoms. The van der Waals surface area contributed by atoms with Crippen molar-refractivity contribution in [1.82, 2.24) is 0 Å². The molecule has 0 saturated carbocycles. The molecule has 0 aromatic heterocycles. The Bertz CT molecular complexity index is 15.0. The summed E-state index contributed by atoms with van der Waals surface area (Å²) in [6.07, 6.45) is 3.15. The van der Waals surface area contributed by atoms with Gasteiger partial charge in [0.25, 0.3) is 0 Å². The standard InChI is InChI=1S/C4H9S.Li/c1-3-4-5-2;/h1,3-4H2,2H3;/q-1;+1. The molecule has 0 rings (SSSR count). The second-order valence-corrected chi connectivity index (χ2v) is 1.83. The molecule has 0 amide bonds. The first-order chi connectivity index (χ1) is 2.41. The van der Waals surface area contributed by atoms with Gasteiger partial charge in [0.1, 0.15) is 0 Å². The monoisotopic (exact) mass is 96.1 g/mol. The van der Waals surface area contributed by atoms with Crippen molar-refractivity contribution in [3.8, 4) is 0 Å². The second kappa shape index (κ2) is 9.34. The van der Waals surface area contributed by atoms with E-state index in [0.717, 1.165) is 6.42 Å². The van der Waals surface area contributed by atoms with Crippen LogP contribution in [0.3, 0.4) is 0 Å². The molecule has 2 heteroatoms. The van der Waals surface area contributed by atoms with E-state index in [-0.39, 0.29) is 18.9 Å². The second-order valence-electron chi connectivity index (χ2n) is 0.846. The molecule has 0 heterocycles. The fourth-order valence-electron chi connectivity index (χ4n) is 0.144. The zero-order valence-electron chi connectivity index (χ0n) is 4.53. The summed E-state index contributed by atoms with van der Waals surface area (Å²) in [5, 5.41) is 0. The minimum absolute atomic E-state index is 0. The third-order valence-corrected chi connectivity index (χ3v) is 1.05. The number of hydrogen-bond donors (Lipinski definition) is 0. The number of hydrogen-bond acceptors (Lipinski definition) is 1. The molecule has 0 unspecified atom stereocenters. The summed E-state index contributed by atoms with van der Waals surface area (Å²) in [5.41, 5.74) is 0. The van der Waals surface area contributed by atoms with Crippen LogP contribution in [0.15, 0.2) is 0 Å². The summed E-state index contributed by atoms with van der Waals surface area (Å²) in [6, 6.07) is 0. The quantitative estimate of drug-likeness (QED) is 0.300. The third-order valence-electron chi connectivity index (χ3n) is 0.348. The Labute approximate surface area is 56.3 Å². The largest absolute Gasteiger partial charge is 1.00 e. The topological polar surface area (TPSA) is 0 Å². The van der Waals surface area contributed by atoms with Crippen molar-refractivity contribution in [3.05, 3.63) is 6.92 Å². The Morgan fingerprint density at radius 1 is 1.67 bits per heavy atom. The van der Waals surface area contributed by atoms with Crippen molar-refractivity contribution >= 4 is 11.8 Å². The SMILES string of the molecule is [CH2-]CCSC.[Li+]. The van der Waals surface area contributed by atoms with Crippen molar-refractivity contribution in [2.75, 3.05) is 12.0 Å². The van der Waals surface area contributed by atoms with E-state index in [1.54, 1.807) is 0 Å². The molecule has 0 bridgehead atoms. The Kier molecular flexibility index (Phi) is 15.6. The van der Waals surface area contributed by atoms with Crippen molar-refractivity contribution < 1.29 is 18.9 Å². The average molecular weight is 96.1 g/mol. The summed E-state index contributed by atoms with van der Waals surface area (Å²) in [4.78, 5) is 0. The zero-order valence-corrected chi connectivity index (χ0v) is 5.35. The van der Waals surface area contributed by atoms with Gasteiger partial charge < -0.3 is 6.92 Å². The summed E-state index contributed by atoms with van der Waals surface area (Å²) in [5.74, 6) is 1.19. The average Bonchev–Trinajstić information content (AvgIpc) is 1.41. The van der Waals surface area contributed by atoms with E-state index in [1.807, 2.05) is 11.8 Å². The molecule has 0 aliphatic carbocycles. The molecule has 0 aliphatic heterocycles. The van der Waals surface area contributed by atoms with Crippen LogP contribution in [0.4, 0.5) is 0 Å². The van der Waals surface area contributed by atoms with E-state index in [9.17, 15) is 0 Å². The fraction of sp³-hybridized carbons (Fsp3) is 0.750. The molecule has 0 atom stereocenters. The minimum Gasteiger partial charge on any atom is -0.343 e. The normalized spacial score (nSPS) is 7.00. The molecule has 32 valence electrons. The van der Waals surface area contributed by atoms with Gasteiger partial charge >= 0.3 is 18.9 Å². The van der Waals surface area contributed by atoms with Crippen LogP contribution in [0, 0.1) is 6.92 Å². The maximum absolute atomic E-state index is 3.65. The zero-order chi connectivity index (χ0) is 4.12. The van der Waals surface area contributed by atoms with Crippen LogP contribution in [0.1, 0.15) is 6.42 Å². The van der Waals surface area contributed by atoms with Crippen molar-refractivity contribution in [1.29, 1.82) is 0 Å². The van der Waals surface area contributed by atoms with Gasteiger partial charge in [-0.2, -0.15) is 18.2 Å². The first kappa shape index (κ1) is 10.0. The van der Waals surface area contributed by atoms with Gasteiger partial charge in [0.15, 0.2) is 0 Å². The van der Waals surface area contributed by atoms with E-state index >= 15 is 0 Å². The van der Waals surface area contributed by atoms with Gasteiger partial charge in [0.2, 0.25) is 0 Å². The van der Waals surface area contributed by atoms with Crippen LogP contribution in [0.5, 0.6) is 0 Å². The van der Waals surface area contributed by atoms with Crippen molar-refractivity contribution in [3.63, 3.8) is 0 Å². The van der Waals surface area contributed by atoms with Gasteiger partial charge in [-0.1, -0.05) is 0 Å². The minimum atomic E-state index is 0. The van der Waals surface area contributed by atoms with Crippen LogP contribution >= 0.6 is 11.8 Å². The Morgan fingerprint density at radius 3 is 2.17 bits per heavy atom. The molecule has 0 saturated heterocycles. The molecular formula is C4H9LiS. The van der Waals surface area contributed by atoms with Crippen LogP contribution in [0.25, 0.3) is 0 Å². The molecule has 0 fully saturated rings. The number of rotatable bonds is 2. The van der Waals surface area contributed by atoms with Crippen molar-refractivity contribution in [2.24, 2.45) is 0 Å². The van der Waals surface area contributed by atoms with Crippen LogP contribution in [-0.4, -0.2) is 12.0 Å². The van der Waals surface area contributed by atoms with E-state index in [4.69, 9.17) is 0 Å². The number of thioether (sulfide) groups is 1. The fourth-order valence-corrected chi connectivity index (χ4v) is 0.433. The summed E-state index contributed by atoms with van der Waals surface area (Å²) < 4.78 is 0. The molecule has 0 N–H and O–H groups in total. The summed E-state index contributed by atoms with van der Waals surface area (Å²) in [6.45, 7) is 3.65. The van der Waals surface area contributed by atoms with Crippen molar-refractivity contribution in [2.45, 2.75) is 6.42 Å². The van der Waals surface area contributed by atoms with Gasteiger partial charge in [-0.05, 0) is 12.0 Å². The molecular weight excluding hydrogens is 87.1 g/mol. The van der Waals surface area contributed by atoms with E-state index in [0.29, 0.717) is 0 Å². The van der Waals surface area contributed by atoms with E-state index < -0.39 is 0 Å². The van der Waals surface area contributed by atoms with Gasteiger partial charge in [-0.3, -0.25) is 0 Å². The molecule has 0 aromatic rings. The van der Waals surface area contributed by atoms with E-state index in [2.05, 4.69) is 13.2 Å². The Morgan fingerprint density at radius 2 is 2.17 bits per heavy atom. The summed E-state index contributed by atoms with van der Waals surface area (Å²) >= 11 is 1.84. The first-order valence-electron chi connectivity index (χ1n) is 1.70. The van der Waals surface area contributed by atoms with Gasteiger partial charge in [0, 0.05) is 0 Å². The third kappa shape index (κ3) is 8.87. The maximum Gasteiger partial charge on any atom is 1.00 e. The van der Waals surface area contributed by atoms with E-state index in [1.165, 1.54) is 5.75 Å². The van der Waals surface area contributed by atoms with Gasteiger partial charge in [-0.15, -0.1) is 0 Å². The van der Waals surface area contributed by atoms with Gasteiger partial charge in [0.05, 0.1) is 0 Å². The van der Waals surface area contributed by atoms with Gasteiger partial charge in [-0.25, -0.2) is 0 Å². The molecule has 0 radical (unpaired) electrons. The van der Waals surface area contributed by atoms with Crippen LogP contribution in [0.2, 0.25) is 0 Å². The predicted molar refractivity (Wildman–Crippen MR) is 28.4 cm³/mol. The Balaban J connectivity index is 0. The van der Waals surface area contributed by atoms with Crippen LogP contribution in [-0.2, 0) is 0 Å². The molecule has 0 aliphatic rings. The Hall–Kier alpha value is 0.947.